The number of fused-ring (bicyclic) bond motifs is 4. The molecule has 6 rings (SSSR count). The fourth-order valence-corrected chi connectivity index (χ4v) is 5.46. The second kappa shape index (κ2) is 6.79. The zero-order valence-electron chi connectivity index (χ0n) is 16.4. The van der Waals surface area contributed by atoms with Crippen LogP contribution in [0.1, 0.15) is 0 Å². The Kier molecular flexibility index (Phi) is 3.91. The molecule has 31 heavy (non-hydrogen) atoms. The summed E-state index contributed by atoms with van der Waals surface area (Å²) in [4.78, 5) is 11.6. The Hall–Kier alpha value is -3.96. The van der Waals surface area contributed by atoms with Crippen molar-refractivity contribution in [1.29, 1.82) is 0 Å². The van der Waals surface area contributed by atoms with Crippen molar-refractivity contribution in [3.8, 4) is 16.8 Å². The number of hydrogen-bond donors (Lipinski definition) is 0. The van der Waals surface area contributed by atoms with E-state index in [1.807, 2.05) is 60.7 Å². The number of nitrogens with zero attached hydrogens (tertiary/aromatic N) is 2. The summed E-state index contributed by atoms with van der Waals surface area (Å²) < 4.78 is 3.17. The minimum absolute atomic E-state index is 0.187. The van der Waals surface area contributed by atoms with Crippen LogP contribution < -0.4 is 0 Å². The minimum atomic E-state index is -0.266. The number of benzene rings is 4. The van der Waals surface area contributed by atoms with Gasteiger partial charge in [-0.05, 0) is 42.0 Å². The summed E-state index contributed by atoms with van der Waals surface area (Å²) in [5.74, 6) is 0. The summed E-state index contributed by atoms with van der Waals surface area (Å²) in [6.07, 6.45) is 0. The number of aromatic nitrogens is 1. The van der Waals surface area contributed by atoms with E-state index in [2.05, 4.69) is 41.0 Å². The Labute approximate surface area is 181 Å². The van der Waals surface area contributed by atoms with Gasteiger partial charge < -0.3 is 4.57 Å². The molecule has 2 aromatic heterocycles. The first-order valence-electron chi connectivity index (χ1n) is 9.97. The van der Waals surface area contributed by atoms with Gasteiger partial charge in [-0.1, -0.05) is 72.0 Å². The lowest BCUT2D eigenvalue weighted by atomic mass is 10.0. The number of para-hydroxylation sites is 2. The molecule has 0 unspecified atom stereocenters. The molecule has 0 bridgehead atoms. The zero-order chi connectivity index (χ0) is 20.9. The second-order valence-corrected chi connectivity index (χ2v) is 8.49. The molecule has 0 atom stereocenters. The first-order valence-corrected chi connectivity index (χ1v) is 10.8. The molecule has 2 heterocycles. The topological polar surface area (TPSA) is 48.1 Å². The molecule has 4 nitrogen and oxygen atoms in total. The quantitative estimate of drug-likeness (QED) is 0.219. The van der Waals surface area contributed by atoms with Crippen LogP contribution in [0.15, 0.2) is 97.1 Å². The summed E-state index contributed by atoms with van der Waals surface area (Å²) in [5, 5.41) is 15.2. The van der Waals surface area contributed by atoms with Gasteiger partial charge in [0.05, 0.1) is 21.5 Å². The predicted octanol–water partition coefficient (Wildman–Crippen LogP) is 7.57. The number of nitro groups is 1. The molecule has 0 radical (unpaired) electrons. The van der Waals surface area contributed by atoms with E-state index in [0.29, 0.717) is 5.56 Å². The largest absolute Gasteiger partial charge is 0.333 e. The lowest BCUT2D eigenvalue weighted by Crippen LogP contribution is -1.93. The van der Waals surface area contributed by atoms with Gasteiger partial charge in [-0.25, -0.2) is 0 Å². The maximum Gasteiger partial charge on any atom is 0.333 e. The molecule has 0 N–H and O–H groups in total. The maximum absolute atomic E-state index is 11.8. The van der Waals surface area contributed by atoms with Crippen molar-refractivity contribution in [2.45, 2.75) is 0 Å². The monoisotopic (exact) mass is 420 g/mol. The van der Waals surface area contributed by atoms with E-state index in [1.54, 1.807) is 0 Å². The van der Waals surface area contributed by atoms with Crippen LogP contribution in [0.5, 0.6) is 0 Å². The molecular weight excluding hydrogens is 404 g/mol. The molecule has 148 valence electrons. The summed E-state index contributed by atoms with van der Waals surface area (Å²) >= 11 is 1.23. The van der Waals surface area contributed by atoms with Crippen LogP contribution in [0.3, 0.4) is 0 Å². The van der Waals surface area contributed by atoms with Crippen molar-refractivity contribution < 1.29 is 4.92 Å². The van der Waals surface area contributed by atoms with Crippen LogP contribution in [0.25, 0.3) is 48.7 Å². The van der Waals surface area contributed by atoms with Crippen LogP contribution in [0, 0.1) is 10.1 Å². The van der Waals surface area contributed by atoms with E-state index in [4.69, 9.17) is 0 Å². The second-order valence-electron chi connectivity index (χ2n) is 7.46. The van der Waals surface area contributed by atoms with E-state index >= 15 is 0 Å². The van der Waals surface area contributed by atoms with E-state index < -0.39 is 0 Å². The van der Waals surface area contributed by atoms with Crippen molar-refractivity contribution in [1.82, 2.24) is 4.57 Å². The summed E-state index contributed by atoms with van der Waals surface area (Å²) in [5.41, 5.74) is 4.86. The number of thiophene rings is 1. The highest BCUT2D eigenvalue weighted by Crippen LogP contribution is 2.45. The zero-order valence-corrected chi connectivity index (χ0v) is 17.2. The van der Waals surface area contributed by atoms with Crippen LogP contribution in [0.2, 0.25) is 0 Å². The van der Waals surface area contributed by atoms with Gasteiger partial charge in [0, 0.05) is 26.5 Å². The molecule has 0 spiro atoms. The Bertz CT molecular complexity index is 1610. The first kappa shape index (κ1) is 17.9. The van der Waals surface area contributed by atoms with E-state index in [9.17, 15) is 10.1 Å². The Morgan fingerprint density at radius 2 is 1.39 bits per heavy atom. The number of rotatable bonds is 3. The van der Waals surface area contributed by atoms with E-state index in [1.165, 1.54) is 11.3 Å². The molecule has 0 amide bonds. The fourth-order valence-electron chi connectivity index (χ4n) is 4.42. The van der Waals surface area contributed by atoms with Gasteiger partial charge in [0.2, 0.25) is 0 Å². The molecule has 6 aromatic rings. The fraction of sp³-hybridized carbons (Fsp3) is 0. The van der Waals surface area contributed by atoms with Gasteiger partial charge >= 0.3 is 5.00 Å². The highest BCUT2D eigenvalue weighted by Gasteiger charge is 2.23. The molecule has 0 saturated carbocycles. The van der Waals surface area contributed by atoms with Crippen molar-refractivity contribution in [2.75, 3.05) is 0 Å². The van der Waals surface area contributed by atoms with Gasteiger partial charge in [-0.3, -0.25) is 10.1 Å². The lowest BCUT2D eigenvalue weighted by molar-refractivity contribution is -0.379. The highest BCUT2D eigenvalue weighted by atomic mass is 32.1. The van der Waals surface area contributed by atoms with Crippen molar-refractivity contribution >= 4 is 48.2 Å². The summed E-state index contributed by atoms with van der Waals surface area (Å²) in [6, 6.07) is 32.5. The predicted molar refractivity (Wildman–Crippen MR) is 128 cm³/mol. The molecule has 0 aliphatic rings. The van der Waals surface area contributed by atoms with Gasteiger partial charge in [-0.15, -0.1) is 0 Å². The first-order chi connectivity index (χ1) is 15.2. The van der Waals surface area contributed by atoms with Crippen LogP contribution in [0.4, 0.5) is 5.00 Å². The summed E-state index contributed by atoms with van der Waals surface area (Å²) in [6.45, 7) is 0. The van der Waals surface area contributed by atoms with Crippen molar-refractivity contribution in [2.24, 2.45) is 0 Å². The summed E-state index contributed by atoms with van der Waals surface area (Å²) in [7, 11) is 0. The Morgan fingerprint density at radius 3 is 2.19 bits per heavy atom. The lowest BCUT2D eigenvalue weighted by Gasteiger charge is -2.08. The van der Waals surface area contributed by atoms with E-state index in [0.717, 1.165) is 43.1 Å². The molecular formula is C26H16N2O2S. The average Bonchev–Trinajstić information content (AvgIpc) is 3.36. The van der Waals surface area contributed by atoms with Gasteiger partial charge in [0.25, 0.3) is 0 Å². The highest BCUT2D eigenvalue weighted by molar-refractivity contribution is 7.22. The van der Waals surface area contributed by atoms with Gasteiger partial charge in [0.1, 0.15) is 0 Å². The Morgan fingerprint density at radius 1 is 0.710 bits per heavy atom. The normalized spacial score (nSPS) is 11.5. The third kappa shape index (κ3) is 2.67. The average molecular weight is 420 g/mol. The van der Waals surface area contributed by atoms with E-state index in [-0.39, 0.29) is 9.92 Å². The molecule has 0 fully saturated rings. The van der Waals surface area contributed by atoms with Crippen molar-refractivity contribution in [3.05, 3.63) is 107 Å². The van der Waals surface area contributed by atoms with Crippen LogP contribution >= 0.6 is 11.3 Å². The smallest absolute Gasteiger partial charge is 0.309 e. The standard InChI is InChI=1S/C26H16N2O2S/c29-28(30)26-25(20-11-5-7-13-24(20)31-26)17-14-15-23-21(16-17)19-10-4-6-12-22(19)27(23)18-8-2-1-3-9-18/h1-16H. The maximum atomic E-state index is 11.8. The third-order valence-electron chi connectivity index (χ3n) is 5.72. The minimum Gasteiger partial charge on any atom is -0.309 e. The molecule has 0 aliphatic carbocycles. The number of hydrogen-bond acceptors (Lipinski definition) is 3. The Balaban J connectivity index is 1.70. The molecule has 0 saturated heterocycles. The van der Waals surface area contributed by atoms with Gasteiger partial charge in [-0.2, -0.15) is 0 Å². The third-order valence-corrected chi connectivity index (χ3v) is 6.84. The SMILES string of the molecule is O=[N+]([O-])c1sc2ccccc2c1-c1ccc2c(c1)c1ccccc1n2-c1ccccc1. The van der Waals surface area contributed by atoms with Crippen molar-refractivity contribution in [3.63, 3.8) is 0 Å². The molecule has 4 aromatic carbocycles. The van der Waals surface area contributed by atoms with Crippen LogP contribution in [-0.4, -0.2) is 9.49 Å². The van der Waals surface area contributed by atoms with Crippen LogP contribution in [-0.2, 0) is 0 Å². The van der Waals surface area contributed by atoms with Gasteiger partial charge in [0.15, 0.2) is 0 Å². The molecule has 0 aliphatic heterocycles. The molecule has 5 heteroatoms.